The van der Waals surface area contributed by atoms with E-state index in [2.05, 4.69) is 6.92 Å². The fourth-order valence-corrected chi connectivity index (χ4v) is 3.70. The Labute approximate surface area is 143 Å². The van der Waals surface area contributed by atoms with Crippen molar-refractivity contribution >= 4 is 11.6 Å². The fraction of sp³-hybridized carbons (Fsp3) is 0.364. The summed E-state index contributed by atoms with van der Waals surface area (Å²) in [4.78, 5) is 25.1. The molecule has 2 aromatic carbocycles. The number of hydrogen-bond donors (Lipinski definition) is 0. The van der Waals surface area contributed by atoms with Crippen molar-refractivity contribution in [2.45, 2.75) is 44.9 Å². The van der Waals surface area contributed by atoms with E-state index in [4.69, 9.17) is 0 Å². The molecule has 1 saturated carbocycles. The largest absolute Gasteiger partial charge is 0.299 e. The molecular formula is C22H24O2. The van der Waals surface area contributed by atoms with Crippen LogP contribution in [0.5, 0.6) is 0 Å². The van der Waals surface area contributed by atoms with Gasteiger partial charge in [-0.3, -0.25) is 9.59 Å². The summed E-state index contributed by atoms with van der Waals surface area (Å²) in [5.41, 5.74) is 3.09. The zero-order valence-electron chi connectivity index (χ0n) is 14.2. The van der Waals surface area contributed by atoms with Crippen LogP contribution in [0, 0.1) is 5.92 Å². The number of aryl methyl sites for hydroxylation is 1. The third-order valence-electron chi connectivity index (χ3n) is 5.15. The Morgan fingerprint density at radius 2 is 1.79 bits per heavy atom. The Morgan fingerprint density at radius 1 is 1.08 bits per heavy atom. The minimum atomic E-state index is -0.00809. The average molecular weight is 320 g/mol. The van der Waals surface area contributed by atoms with Gasteiger partial charge in [0.25, 0.3) is 0 Å². The Balaban J connectivity index is 1.83. The third kappa shape index (κ3) is 3.64. The molecule has 1 aliphatic carbocycles. The van der Waals surface area contributed by atoms with E-state index in [1.165, 1.54) is 5.56 Å². The highest BCUT2D eigenvalue weighted by molar-refractivity contribution is 5.97. The minimum Gasteiger partial charge on any atom is -0.299 e. The van der Waals surface area contributed by atoms with Crippen LogP contribution in [0.4, 0.5) is 0 Å². The molecule has 0 radical (unpaired) electrons. The first-order chi connectivity index (χ1) is 11.7. The number of Topliss-reactive ketones (excluding diaryl/α,β-unsaturated/α-hetero) is 2. The standard InChI is InChI=1S/C22H24O2/c1-2-16-11-13-18(14-12-16)22(24)15-20(17-7-4-3-5-8-17)19-9-6-10-21(19)23/h3-5,7-8,11-14,19-20H,2,6,9-10,15H2,1H3/t19-,20-/m0/s1. The lowest BCUT2D eigenvalue weighted by molar-refractivity contribution is -0.121. The summed E-state index contributed by atoms with van der Waals surface area (Å²) < 4.78 is 0. The molecular weight excluding hydrogens is 296 g/mol. The lowest BCUT2D eigenvalue weighted by Crippen LogP contribution is -2.20. The van der Waals surface area contributed by atoms with Crippen LogP contribution in [0.25, 0.3) is 0 Å². The highest BCUT2D eigenvalue weighted by Gasteiger charge is 2.34. The molecule has 1 aliphatic rings. The van der Waals surface area contributed by atoms with Crippen LogP contribution in [-0.2, 0) is 11.2 Å². The van der Waals surface area contributed by atoms with Crippen LogP contribution in [0.3, 0.4) is 0 Å². The van der Waals surface area contributed by atoms with Crippen molar-refractivity contribution in [3.05, 3.63) is 71.3 Å². The van der Waals surface area contributed by atoms with E-state index in [1.54, 1.807) is 0 Å². The lowest BCUT2D eigenvalue weighted by Gasteiger charge is -2.22. The predicted molar refractivity (Wildman–Crippen MR) is 96.3 cm³/mol. The second-order valence-electron chi connectivity index (χ2n) is 6.66. The van der Waals surface area contributed by atoms with Crippen LogP contribution < -0.4 is 0 Å². The Kier molecular flexibility index (Phi) is 5.24. The van der Waals surface area contributed by atoms with E-state index < -0.39 is 0 Å². The van der Waals surface area contributed by atoms with Gasteiger partial charge < -0.3 is 0 Å². The highest BCUT2D eigenvalue weighted by atomic mass is 16.1. The molecule has 0 unspecified atom stereocenters. The number of rotatable bonds is 6. The van der Waals surface area contributed by atoms with Gasteiger partial charge in [-0.1, -0.05) is 61.5 Å². The highest BCUT2D eigenvalue weighted by Crippen LogP contribution is 2.38. The van der Waals surface area contributed by atoms with Gasteiger partial charge in [-0.2, -0.15) is 0 Å². The van der Waals surface area contributed by atoms with Crippen molar-refractivity contribution < 1.29 is 9.59 Å². The first kappa shape index (κ1) is 16.6. The van der Waals surface area contributed by atoms with E-state index >= 15 is 0 Å². The smallest absolute Gasteiger partial charge is 0.163 e. The molecule has 0 heterocycles. The number of carbonyl (C=O) groups excluding carboxylic acids is 2. The second kappa shape index (κ2) is 7.57. The zero-order valence-corrected chi connectivity index (χ0v) is 14.2. The molecule has 2 atom stereocenters. The molecule has 1 fully saturated rings. The minimum absolute atomic E-state index is 0.000415. The Bertz CT molecular complexity index is 701. The van der Waals surface area contributed by atoms with Gasteiger partial charge >= 0.3 is 0 Å². The SMILES string of the molecule is CCc1ccc(C(=O)C[C@@H](c2ccccc2)[C@@H]2CCCC2=O)cc1. The maximum absolute atomic E-state index is 12.8. The summed E-state index contributed by atoms with van der Waals surface area (Å²) in [6.07, 6.45) is 3.89. The average Bonchev–Trinajstić information content (AvgIpc) is 3.06. The van der Waals surface area contributed by atoms with Crippen molar-refractivity contribution in [3.8, 4) is 0 Å². The van der Waals surface area contributed by atoms with Gasteiger partial charge in [0.15, 0.2) is 5.78 Å². The van der Waals surface area contributed by atoms with Crippen molar-refractivity contribution in [2.75, 3.05) is 0 Å². The lowest BCUT2D eigenvalue weighted by atomic mass is 9.80. The van der Waals surface area contributed by atoms with Gasteiger partial charge in [-0.15, -0.1) is 0 Å². The van der Waals surface area contributed by atoms with Gasteiger partial charge in [0.2, 0.25) is 0 Å². The summed E-state index contributed by atoms with van der Waals surface area (Å²) in [5, 5.41) is 0. The van der Waals surface area contributed by atoms with Gasteiger partial charge in [-0.05, 0) is 30.4 Å². The quantitative estimate of drug-likeness (QED) is 0.704. The van der Waals surface area contributed by atoms with Crippen molar-refractivity contribution in [3.63, 3.8) is 0 Å². The molecule has 0 saturated heterocycles. The van der Waals surface area contributed by atoms with Crippen molar-refractivity contribution in [1.82, 2.24) is 0 Å². The summed E-state index contributed by atoms with van der Waals surface area (Å²) in [6, 6.07) is 17.9. The van der Waals surface area contributed by atoms with E-state index in [0.29, 0.717) is 18.6 Å². The number of benzene rings is 2. The Morgan fingerprint density at radius 3 is 2.38 bits per heavy atom. The summed E-state index contributed by atoms with van der Waals surface area (Å²) in [6.45, 7) is 2.11. The second-order valence-corrected chi connectivity index (χ2v) is 6.66. The van der Waals surface area contributed by atoms with Crippen LogP contribution >= 0.6 is 0 Å². The van der Waals surface area contributed by atoms with Crippen LogP contribution in [0.15, 0.2) is 54.6 Å². The van der Waals surface area contributed by atoms with Crippen LogP contribution in [0.2, 0.25) is 0 Å². The summed E-state index contributed by atoms with van der Waals surface area (Å²) in [7, 11) is 0. The molecule has 2 heteroatoms. The maximum atomic E-state index is 12.8. The van der Waals surface area contributed by atoms with E-state index in [-0.39, 0.29) is 17.6 Å². The van der Waals surface area contributed by atoms with E-state index in [9.17, 15) is 9.59 Å². The molecule has 0 N–H and O–H groups in total. The maximum Gasteiger partial charge on any atom is 0.163 e. The molecule has 0 amide bonds. The number of hydrogen-bond acceptors (Lipinski definition) is 2. The predicted octanol–water partition coefficient (Wildman–Crippen LogP) is 4.97. The molecule has 0 spiro atoms. The molecule has 0 aromatic heterocycles. The first-order valence-electron chi connectivity index (χ1n) is 8.89. The molecule has 124 valence electrons. The monoisotopic (exact) mass is 320 g/mol. The van der Waals surface area contributed by atoms with Crippen molar-refractivity contribution in [2.24, 2.45) is 5.92 Å². The summed E-state index contributed by atoms with van der Waals surface area (Å²) in [5.74, 6) is 0.440. The third-order valence-corrected chi connectivity index (χ3v) is 5.15. The van der Waals surface area contributed by atoms with Gasteiger partial charge in [-0.25, -0.2) is 0 Å². The zero-order chi connectivity index (χ0) is 16.9. The van der Waals surface area contributed by atoms with Gasteiger partial charge in [0.05, 0.1) is 0 Å². The molecule has 0 aliphatic heterocycles. The first-order valence-corrected chi connectivity index (χ1v) is 8.89. The fourth-order valence-electron chi connectivity index (χ4n) is 3.70. The molecule has 0 bridgehead atoms. The van der Waals surface area contributed by atoms with Crippen molar-refractivity contribution in [1.29, 1.82) is 0 Å². The topological polar surface area (TPSA) is 34.1 Å². The van der Waals surface area contributed by atoms with Gasteiger partial charge in [0.1, 0.15) is 5.78 Å². The molecule has 2 aromatic rings. The summed E-state index contributed by atoms with van der Waals surface area (Å²) >= 11 is 0. The van der Waals surface area contributed by atoms with E-state index in [1.807, 2.05) is 54.6 Å². The van der Waals surface area contributed by atoms with Gasteiger partial charge in [0, 0.05) is 30.2 Å². The molecule has 2 nitrogen and oxygen atoms in total. The normalized spacial score (nSPS) is 18.5. The number of ketones is 2. The Hall–Kier alpha value is -2.22. The van der Waals surface area contributed by atoms with E-state index in [0.717, 1.165) is 30.4 Å². The molecule has 24 heavy (non-hydrogen) atoms. The number of carbonyl (C=O) groups is 2. The molecule has 3 rings (SSSR count). The van der Waals surface area contributed by atoms with Crippen LogP contribution in [0.1, 0.15) is 60.0 Å². The van der Waals surface area contributed by atoms with Crippen LogP contribution in [-0.4, -0.2) is 11.6 Å².